The van der Waals surface area contributed by atoms with Gasteiger partial charge in [0.15, 0.2) is 0 Å². The second-order valence-corrected chi connectivity index (χ2v) is 6.41. The summed E-state index contributed by atoms with van der Waals surface area (Å²) in [6, 6.07) is 7.29. The van der Waals surface area contributed by atoms with E-state index in [2.05, 4.69) is 20.7 Å². The Hall–Kier alpha value is -3.29. The standard InChI is InChI=1S/C18H20N6O2/c1-19-17(25)16-8-11-7-12(3-4-14(11)22-16)21-15-5-6-24(18(15)26)13-9-20-23(2)10-13/h3-4,7-10,15,21-22H,5-6H2,1-2H3,(H,19,25). The average molecular weight is 352 g/mol. The van der Waals surface area contributed by atoms with Crippen molar-refractivity contribution in [3.05, 3.63) is 42.4 Å². The van der Waals surface area contributed by atoms with Gasteiger partial charge in [-0.15, -0.1) is 0 Å². The molecule has 4 rings (SSSR count). The first-order valence-electron chi connectivity index (χ1n) is 8.46. The Morgan fingerprint density at radius 2 is 2.19 bits per heavy atom. The molecule has 2 amide bonds. The summed E-state index contributed by atoms with van der Waals surface area (Å²) in [5.74, 6) is -0.119. The van der Waals surface area contributed by atoms with Gasteiger partial charge in [0.05, 0.1) is 11.9 Å². The summed E-state index contributed by atoms with van der Waals surface area (Å²) < 4.78 is 1.69. The van der Waals surface area contributed by atoms with E-state index in [1.165, 1.54) is 0 Å². The van der Waals surface area contributed by atoms with Crippen LogP contribution in [0.1, 0.15) is 16.9 Å². The number of hydrogen-bond donors (Lipinski definition) is 3. The normalized spacial score (nSPS) is 17.1. The molecule has 0 radical (unpaired) electrons. The summed E-state index contributed by atoms with van der Waals surface area (Å²) in [7, 11) is 3.43. The van der Waals surface area contributed by atoms with Crippen molar-refractivity contribution < 1.29 is 9.59 Å². The van der Waals surface area contributed by atoms with Crippen molar-refractivity contribution in [2.75, 3.05) is 23.8 Å². The molecule has 3 heterocycles. The van der Waals surface area contributed by atoms with Crippen LogP contribution in [0.4, 0.5) is 11.4 Å². The van der Waals surface area contributed by atoms with Crippen LogP contribution in [0.15, 0.2) is 36.7 Å². The number of hydrogen-bond acceptors (Lipinski definition) is 4. The SMILES string of the molecule is CNC(=O)c1cc2cc(NC3CCN(c4cnn(C)c4)C3=O)ccc2[nH]1. The number of nitrogens with one attached hydrogen (secondary N) is 3. The number of fused-ring (bicyclic) bond motifs is 1. The predicted molar refractivity (Wildman–Crippen MR) is 99.3 cm³/mol. The van der Waals surface area contributed by atoms with Crippen LogP contribution in [0.2, 0.25) is 0 Å². The molecule has 1 aliphatic rings. The average Bonchev–Trinajstić information content (AvgIpc) is 3.33. The lowest BCUT2D eigenvalue weighted by Gasteiger charge is -2.16. The van der Waals surface area contributed by atoms with Crippen molar-refractivity contribution in [2.24, 2.45) is 7.05 Å². The smallest absolute Gasteiger partial charge is 0.267 e. The van der Waals surface area contributed by atoms with E-state index in [9.17, 15) is 9.59 Å². The zero-order valence-corrected chi connectivity index (χ0v) is 14.6. The maximum Gasteiger partial charge on any atom is 0.267 e. The lowest BCUT2D eigenvalue weighted by Crippen LogP contribution is -2.33. The van der Waals surface area contributed by atoms with E-state index in [-0.39, 0.29) is 17.9 Å². The summed E-state index contributed by atoms with van der Waals surface area (Å²) in [4.78, 5) is 29.3. The Morgan fingerprint density at radius 3 is 2.92 bits per heavy atom. The van der Waals surface area contributed by atoms with Crippen molar-refractivity contribution in [2.45, 2.75) is 12.5 Å². The number of rotatable bonds is 4. The van der Waals surface area contributed by atoms with Gasteiger partial charge in [0.1, 0.15) is 11.7 Å². The highest BCUT2D eigenvalue weighted by molar-refractivity contribution is 6.01. The molecule has 0 spiro atoms. The van der Waals surface area contributed by atoms with Gasteiger partial charge < -0.3 is 20.5 Å². The molecular formula is C18H20N6O2. The number of anilines is 2. The molecule has 0 bridgehead atoms. The third kappa shape index (κ3) is 2.79. The Kier molecular flexibility index (Phi) is 3.87. The van der Waals surface area contributed by atoms with E-state index in [1.807, 2.05) is 31.4 Å². The molecule has 3 N–H and O–H groups in total. The molecule has 1 saturated heterocycles. The van der Waals surface area contributed by atoms with Crippen molar-refractivity contribution in [1.29, 1.82) is 0 Å². The zero-order chi connectivity index (χ0) is 18.3. The molecule has 8 heteroatoms. The number of carbonyl (C=O) groups is 2. The van der Waals surface area contributed by atoms with Gasteiger partial charge in [-0.05, 0) is 30.7 Å². The fraction of sp³-hybridized carbons (Fsp3) is 0.278. The Balaban J connectivity index is 1.52. The van der Waals surface area contributed by atoms with Gasteiger partial charge in [0, 0.05) is 43.4 Å². The maximum atomic E-state index is 12.7. The van der Waals surface area contributed by atoms with Gasteiger partial charge in [-0.1, -0.05) is 0 Å². The number of H-pyrrole nitrogens is 1. The molecular weight excluding hydrogens is 332 g/mol. The van der Waals surface area contributed by atoms with Gasteiger partial charge >= 0.3 is 0 Å². The highest BCUT2D eigenvalue weighted by Gasteiger charge is 2.33. The fourth-order valence-corrected chi connectivity index (χ4v) is 3.30. The van der Waals surface area contributed by atoms with Crippen LogP contribution in [-0.4, -0.2) is 46.2 Å². The number of aryl methyl sites for hydroxylation is 1. The largest absolute Gasteiger partial charge is 0.374 e. The van der Waals surface area contributed by atoms with Crippen molar-refractivity contribution in [1.82, 2.24) is 20.1 Å². The summed E-state index contributed by atoms with van der Waals surface area (Å²) in [6.45, 7) is 0.662. The zero-order valence-electron chi connectivity index (χ0n) is 14.6. The third-order valence-corrected chi connectivity index (χ3v) is 4.64. The minimum Gasteiger partial charge on any atom is -0.374 e. The van der Waals surface area contributed by atoms with E-state index in [0.717, 1.165) is 28.7 Å². The number of amides is 2. The lowest BCUT2D eigenvalue weighted by molar-refractivity contribution is -0.117. The van der Waals surface area contributed by atoms with Crippen LogP contribution >= 0.6 is 0 Å². The van der Waals surface area contributed by atoms with Crippen LogP contribution in [0.3, 0.4) is 0 Å². The summed E-state index contributed by atoms with van der Waals surface area (Å²) >= 11 is 0. The van der Waals surface area contributed by atoms with Crippen LogP contribution < -0.4 is 15.5 Å². The van der Waals surface area contributed by atoms with Gasteiger partial charge in [0.2, 0.25) is 5.91 Å². The second-order valence-electron chi connectivity index (χ2n) is 6.41. The monoisotopic (exact) mass is 352 g/mol. The molecule has 1 unspecified atom stereocenters. The van der Waals surface area contributed by atoms with Crippen LogP contribution in [0, 0.1) is 0 Å². The second kappa shape index (κ2) is 6.21. The first-order valence-corrected chi connectivity index (χ1v) is 8.46. The summed E-state index contributed by atoms with van der Waals surface area (Å²) in [6.07, 6.45) is 4.27. The molecule has 1 fully saturated rings. The molecule has 2 aromatic heterocycles. The highest BCUT2D eigenvalue weighted by atomic mass is 16.2. The van der Waals surface area contributed by atoms with Crippen molar-refractivity contribution >= 4 is 34.1 Å². The third-order valence-electron chi connectivity index (χ3n) is 4.64. The molecule has 134 valence electrons. The molecule has 3 aromatic rings. The van der Waals surface area contributed by atoms with E-state index in [1.54, 1.807) is 28.9 Å². The van der Waals surface area contributed by atoms with Crippen molar-refractivity contribution in [3.8, 4) is 0 Å². The number of carbonyl (C=O) groups excluding carboxylic acids is 2. The molecule has 26 heavy (non-hydrogen) atoms. The van der Waals surface area contributed by atoms with Gasteiger partial charge in [-0.2, -0.15) is 5.10 Å². The van der Waals surface area contributed by atoms with Gasteiger partial charge in [-0.3, -0.25) is 14.3 Å². The Bertz CT molecular complexity index is 989. The summed E-state index contributed by atoms with van der Waals surface area (Å²) in [5.41, 5.74) is 3.06. The Morgan fingerprint density at radius 1 is 1.35 bits per heavy atom. The predicted octanol–water partition coefficient (Wildman–Crippen LogP) is 1.48. The minimum atomic E-state index is -0.273. The topological polar surface area (TPSA) is 95.1 Å². The number of aromatic nitrogens is 3. The molecule has 1 atom stereocenters. The van der Waals surface area contributed by atoms with Crippen LogP contribution in [0.25, 0.3) is 10.9 Å². The van der Waals surface area contributed by atoms with Gasteiger partial charge in [0.25, 0.3) is 5.91 Å². The van der Waals surface area contributed by atoms with E-state index >= 15 is 0 Å². The molecule has 0 saturated carbocycles. The maximum absolute atomic E-state index is 12.7. The quantitative estimate of drug-likeness (QED) is 0.663. The van der Waals surface area contributed by atoms with Crippen LogP contribution in [0.5, 0.6) is 0 Å². The first kappa shape index (κ1) is 16.2. The molecule has 0 aliphatic carbocycles. The molecule has 8 nitrogen and oxygen atoms in total. The van der Waals surface area contributed by atoms with Crippen molar-refractivity contribution in [3.63, 3.8) is 0 Å². The minimum absolute atomic E-state index is 0.0400. The van der Waals surface area contributed by atoms with E-state index in [4.69, 9.17) is 0 Å². The Labute approximate surface area is 150 Å². The fourth-order valence-electron chi connectivity index (χ4n) is 3.30. The summed E-state index contributed by atoms with van der Waals surface area (Å²) in [5, 5.41) is 11.0. The highest BCUT2D eigenvalue weighted by Crippen LogP contribution is 2.25. The van der Waals surface area contributed by atoms with Crippen LogP contribution in [-0.2, 0) is 11.8 Å². The number of nitrogens with zero attached hydrogens (tertiary/aromatic N) is 3. The number of aromatic amines is 1. The molecule has 1 aliphatic heterocycles. The van der Waals surface area contributed by atoms with E-state index in [0.29, 0.717) is 12.2 Å². The number of benzene rings is 1. The lowest BCUT2D eigenvalue weighted by atomic mass is 10.2. The van der Waals surface area contributed by atoms with E-state index < -0.39 is 0 Å². The molecule has 1 aromatic carbocycles. The van der Waals surface area contributed by atoms with Gasteiger partial charge in [-0.25, -0.2) is 0 Å². The first-order chi connectivity index (χ1) is 12.5.